The smallest absolute Gasteiger partial charge is 0.385 e. The summed E-state index contributed by atoms with van der Waals surface area (Å²) in [5.74, 6) is 0. The molecule has 2 aromatic rings. The van der Waals surface area contributed by atoms with Gasteiger partial charge in [-0.25, -0.2) is 0 Å². The normalized spacial score (nSPS) is 23.7. The van der Waals surface area contributed by atoms with Crippen molar-refractivity contribution in [2.75, 3.05) is 0 Å². The van der Waals surface area contributed by atoms with Crippen LogP contribution in [-0.4, -0.2) is 20.3 Å². The van der Waals surface area contributed by atoms with E-state index >= 15 is 0 Å². The molecule has 3 rings (SSSR count). The molecule has 1 unspecified atom stereocenters. The molecule has 1 aliphatic heterocycles. The number of benzene rings is 2. The standard InChI is InChI=1S/C18H22O2Si/c1-15-14-18(2,3)20-21(19-15,16-10-6-4-7-11-16)17-12-8-5-9-13-17/h4-13,15H,14H2,1-3H3. The SMILES string of the molecule is CC1CC(C)(C)O[Si](c2ccccc2)(c2ccccc2)O1. The molecule has 2 aromatic carbocycles. The van der Waals surface area contributed by atoms with Crippen LogP contribution in [0.4, 0.5) is 0 Å². The van der Waals surface area contributed by atoms with Crippen LogP contribution in [0.15, 0.2) is 60.7 Å². The third kappa shape index (κ3) is 2.82. The summed E-state index contributed by atoms with van der Waals surface area (Å²) >= 11 is 0. The molecule has 0 N–H and O–H groups in total. The highest BCUT2D eigenvalue weighted by molar-refractivity contribution is 6.92. The average molecular weight is 298 g/mol. The van der Waals surface area contributed by atoms with E-state index in [9.17, 15) is 0 Å². The second-order valence-corrected chi connectivity index (χ2v) is 9.17. The molecule has 110 valence electrons. The second-order valence-electron chi connectivity index (χ2n) is 6.34. The van der Waals surface area contributed by atoms with Gasteiger partial charge in [-0.3, -0.25) is 0 Å². The fourth-order valence-corrected chi connectivity index (χ4v) is 6.87. The number of hydrogen-bond donors (Lipinski definition) is 0. The molecule has 0 amide bonds. The highest BCUT2D eigenvalue weighted by atomic mass is 28.4. The van der Waals surface area contributed by atoms with E-state index in [1.165, 1.54) is 10.4 Å². The molecule has 21 heavy (non-hydrogen) atoms. The fourth-order valence-electron chi connectivity index (χ4n) is 3.21. The minimum atomic E-state index is -2.63. The van der Waals surface area contributed by atoms with Gasteiger partial charge in [0.25, 0.3) is 0 Å². The molecule has 0 aliphatic carbocycles. The molecule has 3 heteroatoms. The van der Waals surface area contributed by atoms with Crippen LogP contribution in [0.25, 0.3) is 0 Å². The summed E-state index contributed by atoms with van der Waals surface area (Å²) in [6.45, 7) is 6.48. The van der Waals surface area contributed by atoms with Gasteiger partial charge in [-0.05, 0) is 37.6 Å². The van der Waals surface area contributed by atoms with Gasteiger partial charge in [-0.1, -0.05) is 60.7 Å². The maximum atomic E-state index is 6.62. The molecule has 1 fully saturated rings. The number of hydrogen-bond acceptors (Lipinski definition) is 2. The summed E-state index contributed by atoms with van der Waals surface area (Å²) in [7, 11) is -2.63. The zero-order valence-electron chi connectivity index (χ0n) is 12.9. The van der Waals surface area contributed by atoms with E-state index < -0.39 is 8.56 Å². The maximum absolute atomic E-state index is 6.62. The van der Waals surface area contributed by atoms with Gasteiger partial charge in [0.1, 0.15) is 0 Å². The van der Waals surface area contributed by atoms with E-state index in [4.69, 9.17) is 8.85 Å². The van der Waals surface area contributed by atoms with Crippen LogP contribution in [0.1, 0.15) is 27.2 Å². The second kappa shape index (κ2) is 5.41. The van der Waals surface area contributed by atoms with Crippen molar-refractivity contribution in [3.8, 4) is 0 Å². The summed E-state index contributed by atoms with van der Waals surface area (Å²) in [5, 5.41) is 2.35. The highest BCUT2D eigenvalue weighted by Gasteiger charge is 2.51. The monoisotopic (exact) mass is 298 g/mol. The third-order valence-electron chi connectivity index (χ3n) is 3.87. The van der Waals surface area contributed by atoms with Crippen molar-refractivity contribution in [1.29, 1.82) is 0 Å². The Kier molecular flexibility index (Phi) is 3.74. The topological polar surface area (TPSA) is 18.5 Å². The van der Waals surface area contributed by atoms with Gasteiger partial charge in [0.2, 0.25) is 0 Å². The van der Waals surface area contributed by atoms with Crippen molar-refractivity contribution < 1.29 is 8.85 Å². The summed E-state index contributed by atoms with van der Waals surface area (Å²) in [6, 6.07) is 20.8. The molecule has 1 saturated heterocycles. The molecular weight excluding hydrogens is 276 g/mol. The van der Waals surface area contributed by atoms with Gasteiger partial charge in [0.15, 0.2) is 0 Å². The fraction of sp³-hybridized carbons (Fsp3) is 0.333. The minimum absolute atomic E-state index is 0.171. The van der Waals surface area contributed by atoms with Crippen molar-refractivity contribution in [3.05, 3.63) is 60.7 Å². The van der Waals surface area contributed by atoms with E-state index in [1.54, 1.807) is 0 Å². The lowest BCUT2D eigenvalue weighted by atomic mass is 10.0. The molecule has 0 spiro atoms. The molecule has 0 aromatic heterocycles. The van der Waals surface area contributed by atoms with E-state index in [-0.39, 0.29) is 11.7 Å². The Bertz CT molecular complexity index is 556. The predicted octanol–water partition coefficient (Wildman–Crippen LogP) is 2.85. The van der Waals surface area contributed by atoms with Gasteiger partial charge in [-0.15, -0.1) is 0 Å². The van der Waals surface area contributed by atoms with Gasteiger partial charge < -0.3 is 8.85 Å². The Labute approximate surface area is 128 Å². The summed E-state index contributed by atoms with van der Waals surface area (Å²) in [6.07, 6.45) is 1.11. The first-order valence-corrected chi connectivity index (χ1v) is 9.33. The van der Waals surface area contributed by atoms with Crippen molar-refractivity contribution in [2.45, 2.75) is 38.9 Å². The highest BCUT2D eigenvalue weighted by Crippen LogP contribution is 2.31. The van der Waals surface area contributed by atoms with Crippen LogP contribution in [0.3, 0.4) is 0 Å². The minimum Gasteiger partial charge on any atom is -0.385 e. The molecule has 0 saturated carbocycles. The zero-order valence-corrected chi connectivity index (χ0v) is 13.9. The van der Waals surface area contributed by atoms with Crippen LogP contribution in [0, 0.1) is 0 Å². The van der Waals surface area contributed by atoms with Crippen molar-refractivity contribution in [2.24, 2.45) is 0 Å². The van der Waals surface area contributed by atoms with Crippen LogP contribution in [-0.2, 0) is 8.85 Å². The molecule has 2 nitrogen and oxygen atoms in total. The lowest BCUT2D eigenvalue weighted by molar-refractivity contribution is -0.0325. The largest absolute Gasteiger partial charge is 0.407 e. The van der Waals surface area contributed by atoms with Crippen LogP contribution >= 0.6 is 0 Å². The zero-order chi connectivity index (χ0) is 14.9. The molecule has 0 bridgehead atoms. The van der Waals surface area contributed by atoms with E-state index in [2.05, 4.69) is 69.3 Å². The third-order valence-corrected chi connectivity index (χ3v) is 7.64. The van der Waals surface area contributed by atoms with Gasteiger partial charge in [0, 0.05) is 6.10 Å². The van der Waals surface area contributed by atoms with Crippen molar-refractivity contribution >= 4 is 18.9 Å². The Balaban J connectivity index is 2.16. The first-order chi connectivity index (χ1) is 10.0. The first kappa shape index (κ1) is 14.5. The van der Waals surface area contributed by atoms with E-state index in [0.29, 0.717) is 0 Å². The summed E-state index contributed by atoms with van der Waals surface area (Å²) in [4.78, 5) is 0. The number of rotatable bonds is 2. The predicted molar refractivity (Wildman–Crippen MR) is 88.2 cm³/mol. The first-order valence-electron chi connectivity index (χ1n) is 7.51. The lowest BCUT2D eigenvalue weighted by Crippen LogP contribution is -2.70. The van der Waals surface area contributed by atoms with Crippen molar-refractivity contribution in [3.63, 3.8) is 0 Å². The molecule has 0 radical (unpaired) electrons. The quantitative estimate of drug-likeness (QED) is 0.794. The van der Waals surface area contributed by atoms with Crippen molar-refractivity contribution in [1.82, 2.24) is 0 Å². The molecular formula is C18H22O2Si. The maximum Gasteiger partial charge on any atom is 0.407 e. The van der Waals surface area contributed by atoms with E-state index in [1.807, 2.05) is 12.1 Å². The summed E-state index contributed by atoms with van der Waals surface area (Å²) in [5.41, 5.74) is -0.171. The van der Waals surface area contributed by atoms with Gasteiger partial charge in [-0.2, -0.15) is 0 Å². The molecule has 1 aliphatic rings. The van der Waals surface area contributed by atoms with Gasteiger partial charge in [0.05, 0.1) is 5.60 Å². The Hall–Kier alpha value is -1.42. The molecule has 1 atom stereocenters. The van der Waals surface area contributed by atoms with E-state index in [0.717, 1.165) is 6.42 Å². The Morgan fingerprint density at radius 1 is 0.905 bits per heavy atom. The van der Waals surface area contributed by atoms with Crippen LogP contribution < -0.4 is 10.4 Å². The Morgan fingerprint density at radius 3 is 1.81 bits per heavy atom. The van der Waals surface area contributed by atoms with Crippen LogP contribution in [0.2, 0.25) is 0 Å². The average Bonchev–Trinajstić information content (AvgIpc) is 2.47. The summed E-state index contributed by atoms with van der Waals surface area (Å²) < 4.78 is 13.1. The van der Waals surface area contributed by atoms with Gasteiger partial charge >= 0.3 is 8.56 Å². The Morgan fingerprint density at radius 2 is 1.38 bits per heavy atom. The lowest BCUT2D eigenvalue weighted by Gasteiger charge is -2.46. The molecule has 1 heterocycles. The van der Waals surface area contributed by atoms with Crippen LogP contribution in [0.5, 0.6) is 0 Å².